The van der Waals surface area contributed by atoms with Crippen LogP contribution in [0.3, 0.4) is 0 Å². The van der Waals surface area contributed by atoms with Crippen molar-refractivity contribution in [3.63, 3.8) is 0 Å². The number of anilines is 1. The number of nitrogens with one attached hydrogen (secondary N) is 2. The number of halogens is 1. The molecule has 1 aromatic heterocycles. The number of hydrogen-bond acceptors (Lipinski definition) is 3. The average Bonchev–Trinajstić information content (AvgIpc) is 2.19. The van der Waals surface area contributed by atoms with Gasteiger partial charge in [-0.2, -0.15) is 0 Å². The molecule has 5 heteroatoms. The lowest BCUT2D eigenvalue weighted by atomic mass is 10.2. The molecular formula is C10H14BrN3O. The Balaban J connectivity index is 2.58. The average molecular weight is 272 g/mol. The van der Waals surface area contributed by atoms with E-state index in [4.69, 9.17) is 0 Å². The summed E-state index contributed by atoms with van der Waals surface area (Å²) in [6.45, 7) is 5.55. The van der Waals surface area contributed by atoms with Gasteiger partial charge in [0.1, 0.15) is 5.82 Å². The predicted molar refractivity (Wildman–Crippen MR) is 63.3 cm³/mol. The van der Waals surface area contributed by atoms with E-state index in [0.717, 1.165) is 10.2 Å². The lowest BCUT2D eigenvalue weighted by Crippen LogP contribution is -2.33. The van der Waals surface area contributed by atoms with Crippen LogP contribution in [0.4, 0.5) is 5.82 Å². The van der Waals surface area contributed by atoms with E-state index in [1.54, 1.807) is 6.07 Å². The fraction of sp³-hybridized carbons (Fsp3) is 0.400. The van der Waals surface area contributed by atoms with Crippen LogP contribution in [-0.2, 0) is 4.79 Å². The van der Waals surface area contributed by atoms with Crippen LogP contribution in [0.25, 0.3) is 0 Å². The van der Waals surface area contributed by atoms with Crippen LogP contribution in [0.2, 0.25) is 0 Å². The van der Waals surface area contributed by atoms with Gasteiger partial charge in [0.25, 0.3) is 0 Å². The lowest BCUT2D eigenvalue weighted by molar-refractivity contribution is -0.123. The zero-order chi connectivity index (χ0) is 11.4. The molecule has 0 unspecified atom stereocenters. The van der Waals surface area contributed by atoms with Gasteiger partial charge in [0.15, 0.2) is 0 Å². The number of carbonyl (C=O) groups is 1. The number of hydrazine groups is 1. The second kappa shape index (κ2) is 5.11. The maximum Gasteiger partial charge on any atom is 0.240 e. The molecule has 82 valence electrons. The minimum Gasteiger partial charge on any atom is -0.282 e. The third kappa shape index (κ3) is 3.51. The summed E-state index contributed by atoms with van der Waals surface area (Å²) in [6.07, 6.45) is 0. The maximum atomic E-state index is 11.3. The molecule has 0 aromatic carbocycles. The molecule has 1 amide bonds. The fourth-order valence-corrected chi connectivity index (χ4v) is 1.10. The van der Waals surface area contributed by atoms with Crippen LogP contribution < -0.4 is 10.9 Å². The molecule has 0 aliphatic heterocycles. The number of carbonyl (C=O) groups excluding carboxylic acids is 1. The normalized spacial score (nSPS) is 10.2. The molecule has 15 heavy (non-hydrogen) atoms. The number of rotatable bonds is 3. The summed E-state index contributed by atoms with van der Waals surface area (Å²) in [6, 6.07) is 3.67. The molecule has 1 heterocycles. The molecule has 1 rings (SSSR count). The van der Waals surface area contributed by atoms with Crippen molar-refractivity contribution in [2.45, 2.75) is 20.8 Å². The van der Waals surface area contributed by atoms with Gasteiger partial charge in [-0.15, -0.1) is 0 Å². The van der Waals surface area contributed by atoms with Crippen LogP contribution in [0.1, 0.15) is 19.5 Å². The highest BCUT2D eigenvalue weighted by Gasteiger charge is 2.06. The number of amides is 1. The Morgan fingerprint density at radius 2 is 2.13 bits per heavy atom. The van der Waals surface area contributed by atoms with Crippen molar-refractivity contribution in [1.29, 1.82) is 0 Å². The van der Waals surface area contributed by atoms with Gasteiger partial charge in [-0.25, -0.2) is 4.98 Å². The van der Waals surface area contributed by atoms with Crippen molar-refractivity contribution in [3.8, 4) is 0 Å². The number of pyridine rings is 1. The highest BCUT2D eigenvalue weighted by molar-refractivity contribution is 9.10. The summed E-state index contributed by atoms with van der Waals surface area (Å²) >= 11 is 3.35. The molecular weight excluding hydrogens is 258 g/mol. The van der Waals surface area contributed by atoms with Crippen molar-refractivity contribution in [2.75, 3.05) is 5.43 Å². The van der Waals surface area contributed by atoms with Crippen LogP contribution in [-0.4, -0.2) is 10.9 Å². The molecule has 2 N–H and O–H groups in total. The Labute approximate surface area is 97.6 Å². The van der Waals surface area contributed by atoms with E-state index in [0.29, 0.717) is 5.82 Å². The minimum absolute atomic E-state index is 0.0472. The third-order valence-corrected chi connectivity index (χ3v) is 2.70. The van der Waals surface area contributed by atoms with E-state index in [2.05, 4.69) is 31.8 Å². The summed E-state index contributed by atoms with van der Waals surface area (Å²) in [4.78, 5) is 15.5. The van der Waals surface area contributed by atoms with Crippen molar-refractivity contribution in [2.24, 2.45) is 5.92 Å². The summed E-state index contributed by atoms with van der Waals surface area (Å²) in [5.74, 6) is 0.524. The first-order valence-corrected chi connectivity index (χ1v) is 5.49. The summed E-state index contributed by atoms with van der Waals surface area (Å²) in [7, 11) is 0. The van der Waals surface area contributed by atoms with E-state index >= 15 is 0 Å². The number of aromatic nitrogens is 1. The van der Waals surface area contributed by atoms with Crippen LogP contribution in [0.5, 0.6) is 0 Å². The topological polar surface area (TPSA) is 54.0 Å². The molecule has 0 saturated carbocycles. The minimum atomic E-state index is -0.0580. The molecule has 0 saturated heterocycles. The number of aryl methyl sites for hydroxylation is 1. The summed E-state index contributed by atoms with van der Waals surface area (Å²) in [5.41, 5.74) is 6.21. The SMILES string of the molecule is Cc1nc(NNC(=O)C(C)C)ccc1Br. The van der Waals surface area contributed by atoms with E-state index in [1.807, 2.05) is 26.8 Å². The van der Waals surface area contributed by atoms with Crippen LogP contribution >= 0.6 is 15.9 Å². The second-order valence-corrected chi connectivity index (χ2v) is 4.39. The Hall–Kier alpha value is -1.10. The van der Waals surface area contributed by atoms with Gasteiger partial charge in [0.2, 0.25) is 5.91 Å². The largest absolute Gasteiger partial charge is 0.282 e. The molecule has 0 radical (unpaired) electrons. The van der Waals surface area contributed by atoms with Crippen LogP contribution in [0.15, 0.2) is 16.6 Å². The molecule has 0 bridgehead atoms. The van der Waals surface area contributed by atoms with Gasteiger partial charge in [0.05, 0.1) is 5.69 Å². The molecule has 0 aliphatic carbocycles. The predicted octanol–water partition coefficient (Wildman–Crippen LogP) is 2.25. The fourth-order valence-electron chi connectivity index (χ4n) is 0.884. The molecule has 0 atom stereocenters. The van der Waals surface area contributed by atoms with Gasteiger partial charge in [-0.1, -0.05) is 13.8 Å². The third-order valence-electron chi connectivity index (χ3n) is 1.86. The Kier molecular flexibility index (Phi) is 4.08. The van der Waals surface area contributed by atoms with E-state index < -0.39 is 0 Å². The zero-order valence-corrected chi connectivity index (χ0v) is 10.6. The Morgan fingerprint density at radius 1 is 1.47 bits per heavy atom. The Bertz CT molecular complexity index is 366. The van der Waals surface area contributed by atoms with Crippen molar-refractivity contribution in [3.05, 3.63) is 22.3 Å². The standard InChI is InChI=1S/C10H14BrN3O/c1-6(2)10(15)14-13-9-5-4-8(11)7(3)12-9/h4-6H,1-3H3,(H,12,13)(H,14,15). The first kappa shape index (κ1) is 12.0. The highest BCUT2D eigenvalue weighted by atomic mass is 79.9. The Morgan fingerprint density at radius 3 is 2.67 bits per heavy atom. The number of hydrogen-bond donors (Lipinski definition) is 2. The second-order valence-electron chi connectivity index (χ2n) is 3.53. The molecule has 0 aliphatic rings. The summed E-state index contributed by atoms with van der Waals surface area (Å²) < 4.78 is 0.947. The van der Waals surface area contributed by atoms with Gasteiger partial charge >= 0.3 is 0 Å². The first-order valence-electron chi connectivity index (χ1n) is 4.69. The first-order chi connectivity index (χ1) is 7.00. The van der Waals surface area contributed by atoms with Gasteiger partial charge < -0.3 is 0 Å². The van der Waals surface area contributed by atoms with E-state index in [-0.39, 0.29) is 11.8 Å². The monoisotopic (exact) mass is 271 g/mol. The van der Waals surface area contributed by atoms with E-state index in [9.17, 15) is 4.79 Å². The molecule has 4 nitrogen and oxygen atoms in total. The van der Waals surface area contributed by atoms with Crippen molar-refractivity contribution < 1.29 is 4.79 Å². The molecule has 0 spiro atoms. The van der Waals surface area contributed by atoms with Gasteiger partial charge in [-0.05, 0) is 35.0 Å². The summed E-state index contributed by atoms with van der Waals surface area (Å²) in [5, 5.41) is 0. The van der Waals surface area contributed by atoms with Crippen molar-refractivity contribution >= 4 is 27.7 Å². The lowest BCUT2D eigenvalue weighted by Gasteiger charge is -2.10. The van der Waals surface area contributed by atoms with Crippen molar-refractivity contribution in [1.82, 2.24) is 10.4 Å². The zero-order valence-electron chi connectivity index (χ0n) is 8.97. The quantitative estimate of drug-likeness (QED) is 0.830. The van der Waals surface area contributed by atoms with Gasteiger partial charge in [-0.3, -0.25) is 15.6 Å². The molecule has 1 aromatic rings. The number of nitrogens with zero attached hydrogens (tertiary/aromatic N) is 1. The highest BCUT2D eigenvalue weighted by Crippen LogP contribution is 2.15. The van der Waals surface area contributed by atoms with E-state index in [1.165, 1.54) is 0 Å². The molecule has 0 fully saturated rings. The maximum absolute atomic E-state index is 11.3. The van der Waals surface area contributed by atoms with Gasteiger partial charge in [0, 0.05) is 10.4 Å². The smallest absolute Gasteiger partial charge is 0.240 e. The van der Waals surface area contributed by atoms with Crippen LogP contribution in [0, 0.1) is 12.8 Å².